The second-order valence-corrected chi connectivity index (χ2v) is 8.00. The van der Waals surface area contributed by atoms with Gasteiger partial charge in [-0.3, -0.25) is 4.79 Å². The zero-order valence-corrected chi connectivity index (χ0v) is 17.2. The van der Waals surface area contributed by atoms with Gasteiger partial charge in [-0.2, -0.15) is 4.99 Å². The number of hydrogen-bond acceptors (Lipinski definition) is 5. The van der Waals surface area contributed by atoms with Crippen molar-refractivity contribution < 1.29 is 14.3 Å². The summed E-state index contributed by atoms with van der Waals surface area (Å²) in [4.78, 5) is 30.5. The molecule has 0 fully saturated rings. The number of hydrogen-bond donors (Lipinski definition) is 0. The number of ether oxygens (including phenoxy) is 1. The highest BCUT2D eigenvalue weighted by Gasteiger charge is 2.16. The molecule has 1 aromatic heterocycles. The van der Waals surface area contributed by atoms with Crippen molar-refractivity contribution in [3.63, 3.8) is 0 Å². The number of carbonyl (C=O) groups is 2. The molecule has 26 heavy (non-hydrogen) atoms. The zero-order chi connectivity index (χ0) is 19.1. The molecular formula is C19H24N2O3S2. The van der Waals surface area contributed by atoms with Gasteiger partial charge in [0.05, 0.1) is 6.61 Å². The quantitative estimate of drug-likeness (QED) is 0.408. The molecule has 2 rings (SSSR count). The standard InChI is InChI=1S/C19H24N2O3S2/c1-5-24-18(23)17-14(3)21(4)19(26-17)20-16(22)7-6-12-25-15-10-8-13(2)9-11-15/h8-11H,5-7,12H2,1-4H3. The van der Waals surface area contributed by atoms with E-state index in [2.05, 4.69) is 36.2 Å². The van der Waals surface area contributed by atoms with Crippen LogP contribution >= 0.6 is 23.1 Å². The second-order valence-electron chi connectivity index (χ2n) is 5.85. The van der Waals surface area contributed by atoms with E-state index in [1.807, 2.05) is 6.92 Å². The van der Waals surface area contributed by atoms with Crippen LogP contribution in [0.5, 0.6) is 0 Å². The molecule has 0 radical (unpaired) electrons. The molecule has 0 aliphatic rings. The van der Waals surface area contributed by atoms with Gasteiger partial charge in [0.15, 0.2) is 4.80 Å². The molecule has 0 saturated heterocycles. The largest absolute Gasteiger partial charge is 0.462 e. The number of aryl methyl sites for hydroxylation is 1. The van der Waals surface area contributed by atoms with Gasteiger partial charge in [-0.1, -0.05) is 29.0 Å². The van der Waals surface area contributed by atoms with Gasteiger partial charge < -0.3 is 9.30 Å². The molecule has 0 unspecified atom stereocenters. The molecule has 1 heterocycles. The third-order valence-electron chi connectivity index (χ3n) is 3.82. The zero-order valence-electron chi connectivity index (χ0n) is 15.6. The van der Waals surface area contributed by atoms with Crippen molar-refractivity contribution in [1.82, 2.24) is 4.57 Å². The van der Waals surface area contributed by atoms with E-state index in [0.29, 0.717) is 22.7 Å². The van der Waals surface area contributed by atoms with Crippen LogP contribution in [-0.2, 0) is 16.6 Å². The number of benzene rings is 1. The first-order valence-electron chi connectivity index (χ1n) is 8.53. The molecule has 0 N–H and O–H groups in total. The van der Waals surface area contributed by atoms with Crippen molar-refractivity contribution in [2.75, 3.05) is 12.4 Å². The fourth-order valence-corrected chi connectivity index (χ4v) is 4.11. The lowest BCUT2D eigenvalue weighted by Gasteiger charge is -2.01. The lowest BCUT2D eigenvalue weighted by atomic mass is 10.2. The van der Waals surface area contributed by atoms with Crippen molar-refractivity contribution in [2.45, 2.75) is 38.5 Å². The normalized spacial score (nSPS) is 11.6. The highest BCUT2D eigenvalue weighted by molar-refractivity contribution is 7.99. The molecule has 2 aromatic rings. The minimum absolute atomic E-state index is 0.165. The Morgan fingerprint density at radius 1 is 1.23 bits per heavy atom. The summed E-state index contributed by atoms with van der Waals surface area (Å²) in [6, 6.07) is 8.36. The summed E-state index contributed by atoms with van der Waals surface area (Å²) in [6.45, 7) is 5.98. The summed E-state index contributed by atoms with van der Waals surface area (Å²) in [6.07, 6.45) is 1.16. The maximum Gasteiger partial charge on any atom is 0.350 e. The van der Waals surface area contributed by atoms with Crippen LogP contribution in [0, 0.1) is 13.8 Å². The maximum absolute atomic E-state index is 12.1. The van der Waals surface area contributed by atoms with E-state index in [1.165, 1.54) is 21.8 Å². The first kappa shape index (κ1) is 20.5. The fourth-order valence-electron chi connectivity index (χ4n) is 2.22. The molecule has 0 spiro atoms. The van der Waals surface area contributed by atoms with Crippen LogP contribution in [0.15, 0.2) is 34.2 Å². The van der Waals surface area contributed by atoms with Gasteiger partial charge in [0.2, 0.25) is 5.91 Å². The Morgan fingerprint density at radius 2 is 1.92 bits per heavy atom. The van der Waals surface area contributed by atoms with E-state index >= 15 is 0 Å². The Balaban J connectivity index is 1.92. The Bertz CT molecular complexity index is 835. The Labute approximate surface area is 162 Å². The van der Waals surface area contributed by atoms with Crippen LogP contribution in [0.4, 0.5) is 0 Å². The van der Waals surface area contributed by atoms with Crippen LogP contribution < -0.4 is 4.80 Å². The van der Waals surface area contributed by atoms with Crippen LogP contribution in [0.25, 0.3) is 0 Å². The minimum Gasteiger partial charge on any atom is -0.462 e. The first-order chi connectivity index (χ1) is 12.4. The number of esters is 1. The monoisotopic (exact) mass is 392 g/mol. The fraction of sp³-hybridized carbons (Fsp3) is 0.421. The summed E-state index contributed by atoms with van der Waals surface area (Å²) in [5.74, 6) is 0.337. The number of thioether (sulfide) groups is 1. The average molecular weight is 393 g/mol. The number of amides is 1. The SMILES string of the molecule is CCOC(=O)c1sc(=NC(=O)CCCSc2ccc(C)cc2)n(C)c1C. The van der Waals surface area contributed by atoms with Gasteiger partial charge >= 0.3 is 5.97 Å². The molecule has 140 valence electrons. The minimum atomic E-state index is -0.367. The third kappa shape index (κ3) is 5.57. The molecule has 5 nitrogen and oxygen atoms in total. The van der Waals surface area contributed by atoms with Crippen molar-refractivity contribution in [2.24, 2.45) is 12.0 Å². The Morgan fingerprint density at radius 3 is 2.58 bits per heavy atom. The van der Waals surface area contributed by atoms with Crippen molar-refractivity contribution >= 4 is 35.0 Å². The van der Waals surface area contributed by atoms with Gasteiger partial charge in [-0.05, 0) is 45.1 Å². The number of aromatic nitrogens is 1. The van der Waals surface area contributed by atoms with Gasteiger partial charge in [0, 0.05) is 24.1 Å². The van der Waals surface area contributed by atoms with E-state index in [1.54, 1.807) is 30.3 Å². The predicted molar refractivity (Wildman–Crippen MR) is 106 cm³/mol. The Kier molecular flexibility index (Phi) is 7.66. The molecular weight excluding hydrogens is 368 g/mol. The maximum atomic E-state index is 12.1. The summed E-state index contributed by atoms with van der Waals surface area (Å²) in [7, 11) is 1.80. The van der Waals surface area contributed by atoms with Gasteiger partial charge in [-0.25, -0.2) is 4.79 Å². The highest BCUT2D eigenvalue weighted by Crippen LogP contribution is 2.19. The molecule has 0 saturated carbocycles. The molecule has 1 aromatic carbocycles. The van der Waals surface area contributed by atoms with Crippen LogP contribution in [0.1, 0.15) is 40.7 Å². The lowest BCUT2D eigenvalue weighted by Crippen LogP contribution is -2.14. The molecule has 0 aliphatic carbocycles. The van der Waals surface area contributed by atoms with Crippen molar-refractivity contribution in [3.8, 4) is 0 Å². The molecule has 0 atom stereocenters. The molecule has 0 bridgehead atoms. The smallest absolute Gasteiger partial charge is 0.350 e. The molecule has 1 amide bonds. The number of nitrogens with zero attached hydrogens (tertiary/aromatic N) is 2. The lowest BCUT2D eigenvalue weighted by molar-refractivity contribution is -0.118. The van der Waals surface area contributed by atoms with Crippen molar-refractivity contribution in [1.29, 1.82) is 0 Å². The van der Waals surface area contributed by atoms with Gasteiger partial charge in [0.25, 0.3) is 0 Å². The second kappa shape index (κ2) is 9.73. The topological polar surface area (TPSA) is 60.7 Å². The summed E-state index contributed by atoms with van der Waals surface area (Å²) in [5, 5.41) is 0. The van der Waals surface area contributed by atoms with E-state index < -0.39 is 0 Å². The third-order valence-corrected chi connectivity index (χ3v) is 6.13. The number of carbonyl (C=O) groups excluding carboxylic acids is 2. The molecule has 7 heteroatoms. The predicted octanol–water partition coefficient (Wildman–Crippen LogP) is 3.88. The number of rotatable bonds is 7. The number of thiazole rings is 1. The van der Waals surface area contributed by atoms with Crippen molar-refractivity contribution in [3.05, 3.63) is 45.2 Å². The summed E-state index contributed by atoms with van der Waals surface area (Å²) >= 11 is 2.93. The molecule has 0 aliphatic heterocycles. The van der Waals surface area contributed by atoms with E-state index in [4.69, 9.17) is 4.74 Å². The van der Waals surface area contributed by atoms with Crippen LogP contribution in [-0.4, -0.2) is 28.8 Å². The van der Waals surface area contributed by atoms with Gasteiger partial charge in [0.1, 0.15) is 4.88 Å². The van der Waals surface area contributed by atoms with Crippen LogP contribution in [0.2, 0.25) is 0 Å². The average Bonchev–Trinajstić information content (AvgIpc) is 2.89. The summed E-state index contributed by atoms with van der Waals surface area (Å²) < 4.78 is 6.80. The van der Waals surface area contributed by atoms with E-state index in [-0.39, 0.29) is 11.9 Å². The Hall–Kier alpha value is -1.86. The van der Waals surface area contributed by atoms with Gasteiger partial charge in [-0.15, -0.1) is 11.8 Å². The van der Waals surface area contributed by atoms with E-state index in [0.717, 1.165) is 17.9 Å². The van der Waals surface area contributed by atoms with Crippen LogP contribution in [0.3, 0.4) is 0 Å². The summed E-state index contributed by atoms with van der Waals surface area (Å²) in [5.41, 5.74) is 2.00. The highest BCUT2D eigenvalue weighted by atomic mass is 32.2. The first-order valence-corrected chi connectivity index (χ1v) is 10.3. The van der Waals surface area contributed by atoms with E-state index in [9.17, 15) is 9.59 Å².